The summed E-state index contributed by atoms with van der Waals surface area (Å²) in [5.74, 6) is 0.766. The average Bonchev–Trinajstić information content (AvgIpc) is 2.36. The van der Waals surface area contributed by atoms with Crippen molar-refractivity contribution in [3.63, 3.8) is 0 Å². The lowest BCUT2D eigenvalue weighted by Crippen LogP contribution is -2.04. The number of para-hydroxylation sites is 1. The summed E-state index contributed by atoms with van der Waals surface area (Å²) in [6, 6.07) is 4.96. The zero-order chi connectivity index (χ0) is 15.0. The van der Waals surface area contributed by atoms with Crippen molar-refractivity contribution in [1.29, 1.82) is 0 Å². The monoisotopic (exact) mass is 298 g/mol. The topological polar surface area (TPSA) is 55.2 Å². The molecular formula is C15H23ClN2O2. The molecule has 0 fully saturated rings. The number of anilines is 1. The lowest BCUT2D eigenvalue weighted by atomic mass is 10.0. The van der Waals surface area contributed by atoms with Gasteiger partial charge in [0.15, 0.2) is 0 Å². The zero-order valence-electron chi connectivity index (χ0n) is 12.2. The van der Waals surface area contributed by atoms with E-state index in [0.29, 0.717) is 5.69 Å². The van der Waals surface area contributed by atoms with Gasteiger partial charge in [-0.3, -0.25) is 10.1 Å². The predicted octanol–water partition coefficient (Wildman–Crippen LogP) is 5.27. The lowest BCUT2D eigenvalue weighted by Gasteiger charge is -2.08. The van der Waals surface area contributed by atoms with E-state index in [4.69, 9.17) is 11.6 Å². The minimum atomic E-state index is -0.437. The van der Waals surface area contributed by atoms with Gasteiger partial charge in [-0.2, -0.15) is 0 Å². The highest BCUT2D eigenvalue weighted by atomic mass is 35.5. The van der Waals surface area contributed by atoms with Crippen LogP contribution >= 0.6 is 11.6 Å². The molecule has 1 aromatic rings. The van der Waals surface area contributed by atoms with Crippen molar-refractivity contribution >= 4 is 23.0 Å². The average molecular weight is 299 g/mol. The highest BCUT2D eigenvalue weighted by molar-refractivity contribution is 6.33. The molecule has 1 rings (SSSR count). The summed E-state index contributed by atoms with van der Waals surface area (Å²) in [5.41, 5.74) is 0.471. The van der Waals surface area contributed by atoms with Crippen molar-refractivity contribution in [3.05, 3.63) is 33.3 Å². The fraction of sp³-hybridized carbons (Fsp3) is 0.600. The maximum atomic E-state index is 11.0. The maximum Gasteiger partial charge on any atom is 0.310 e. The van der Waals surface area contributed by atoms with Crippen LogP contribution in [0.4, 0.5) is 11.4 Å². The van der Waals surface area contributed by atoms with Gasteiger partial charge in [0.2, 0.25) is 0 Å². The number of hydrogen-bond donors (Lipinski definition) is 1. The summed E-state index contributed by atoms with van der Waals surface area (Å²) < 4.78 is 0. The number of halogens is 1. The minimum Gasteiger partial charge on any atom is -0.379 e. The Balaban J connectivity index is 2.32. The van der Waals surface area contributed by atoms with Crippen LogP contribution in [-0.4, -0.2) is 11.5 Å². The molecule has 0 atom stereocenters. The molecule has 0 amide bonds. The summed E-state index contributed by atoms with van der Waals surface area (Å²) >= 11 is 5.85. The molecule has 0 bridgehead atoms. The molecule has 0 heterocycles. The maximum absolute atomic E-state index is 11.0. The molecule has 0 unspecified atom stereocenters. The molecule has 20 heavy (non-hydrogen) atoms. The van der Waals surface area contributed by atoms with E-state index in [1.165, 1.54) is 25.3 Å². The van der Waals surface area contributed by atoms with E-state index in [-0.39, 0.29) is 10.7 Å². The van der Waals surface area contributed by atoms with Gasteiger partial charge in [0.05, 0.1) is 4.92 Å². The first-order valence-electron chi connectivity index (χ1n) is 7.19. The van der Waals surface area contributed by atoms with E-state index in [2.05, 4.69) is 19.2 Å². The molecule has 0 radical (unpaired) electrons. The van der Waals surface area contributed by atoms with Crippen LogP contribution in [-0.2, 0) is 0 Å². The molecule has 0 aliphatic carbocycles. The quantitative estimate of drug-likeness (QED) is 0.384. The molecule has 1 N–H and O–H groups in total. The number of benzene rings is 1. The first kappa shape index (κ1) is 16.8. The Labute approximate surface area is 125 Å². The number of hydrogen-bond acceptors (Lipinski definition) is 3. The molecule has 1 aromatic carbocycles. The van der Waals surface area contributed by atoms with Crippen molar-refractivity contribution in [2.24, 2.45) is 5.92 Å². The van der Waals surface area contributed by atoms with E-state index in [1.807, 2.05) is 0 Å². The summed E-state index contributed by atoms with van der Waals surface area (Å²) in [6.45, 7) is 5.21. The van der Waals surface area contributed by atoms with Crippen LogP contribution in [0, 0.1) is 16.0 Å². The fourth-order valence-electron chi connectivity index (χ4n) is 2.10. The number of unbranched alkanes of at least 4 members (excludes halogenated alkanes) is 3. The molecule has 5 heteroatoms. The second kappa shape index (κ2) is 8.80. The van der Waals surface area contributed by atoms with Gasteiger partial charge in [0.25, 0.3) is 0 Å². The normalized spacial score (nSPS) is 10.8. The van der Waals surface area contributed by atoms with E-state index in [0.717, 1.165) is 25.3 Å². The molecule has 0 saturated carbocycles. The summed E-state index contributed by atoms with van der Waals surface area (Å²) in [6.07, 6.45) is 5.91. The van der Waals surface area contributed by atoms with Gasteiger partial charge in [-0.25, -0.2) is 0 Å². The molecule has 112 valence electrons. The molecule has 4 nitrogen and oxygen atoms in total. The van der Waals surface area contributed by atoms with Crippen LogP contribution in [0.2, 0.25) is 5.02 Å². The van der Waals surface area contributed by atoms with Crippen molar-refractivity contribution in [2.45, 2.75) is 46.0 Å². The zero-order valence-corrected chi connectivity index (χ0v) is 12.9. The van der Waals surface area contributed by atoms with E-state index < -0.39 is 4.92 Å². The van der Waals surface area contributed by atoms with Crippen LogP contribution in [0.3, 0.4) is 0 Å². The molecule has 0 aromatic heterocycles. The van der Waals surface area contributed by atoms with Crippen molar-refractivity contribution in [3.8, 4) is 0 Å². The van der Waals surface area contributed by atoms with Gasteiger partial charge in [0.1, 0.15) is 10.7 Å². The molecule has 0 saturated heterocycles. The van der Waals surface area contributed by atoms with Gasteiger partial charge in [0, 0.05) is 6.54 Å². The van der Waals surface area contributed by atoms with Crippen LogP contribution in [0.1, 0.15) is 46.0 Å². The summed E-state index contributed by atoms with van der Waals surface area (Å²) in [4.78, 5) is 10.5. The van der Waals surface area contributed by atoms with Crippen LogP contribution in [0.15, 0.2) is 18.2 Å². The first-order valence-corrected chi connectivity index (χ1v) is 7.57. The van der Waals surface area contributed by atoms with Crippen LogP contribution in [0.5, 0.6) is 0 Å². The fourth-order valence-corrected chi connectivity index (χ4v) is 2.34. The van der Waals surface area contributed by atoms with Gasteiger partial charge in [-0.15, -0.1) is 0 Å². The smallest absolute Gasteiger partial charge is 0.310 e. The Kier molecular flexibility index (Phi) is 7.37. The SMILES string of the molecule is CC(C)CCCCCCNc1cccc(Cl)c1[N+](=O)[O-]. The van der Waals surface area contributed by atoms with E-state index >= 15 is 0 Å². The Hall–Kier alpha value is -1.29. The summed E-state index contributed by atoms with van der Waals surface area (Å²) in [5, 5.41) is 14.2. The highest BCUT2D eigenvalue weighted by Crippen LogP contribution is 2.32. The third-order valence-corrected chi connectivity index (χ3v) is 3.50. The standard InChI is InChI=1S/C15H23ClN2O2/c1-12(2)8-5-3-4-6-11-17-14-10-7-9-13(16)15(14)18(19)20/h7,9-10,12,17H,3-6,8,11H2,1-2H3. The number of nitrogens with zero attached hydrogens (tertiary/aromatic N) is 1. The van der Waals surface area contributed by atoms with Crippen molar-refractivity contribution in [2.75, 3.05) is 11.9 Å². The lowest BCUT2D eigenvalue weighted by molar-refractivity contribution is -0.383. The third kappa shape index (κ3) is 5.78. The van der Waals surface area contributed by atoms with Gasteiger partial charge in [-0.1, -0.05) is 57.2 Å². The minimum absolute atomic E-state index is 0.0334. The van der Waals surface area contributed by atoms with Crippen molar-refractivity contribution in [1.82, 2.24) is 0 Å². The van der Waals surface area contributed by atoms with Gasteiger partial charge in [-0.05, 0) is 24.5 Å². The number of nitro groups is 1. The predicted molar refractivity (Wildman–Crippen MR) is 84.5 cm³/mol. The Bertz CT molecular complexity index is 436. The molecule has 0 spiro atoms. The molecular weight excluding hydrogens is 276 g/mol. The first-order chi connectivity index (χ1) is 9.52. The Morgan fingerprint density at radius 3 is 2.60 bits per heavy atom. The molecule has 0 aliphatic heterocycles. The third-order valence-electron chi connectivity index (χ3n) is 3.19. The largest absolute Gasteiger partial charge is 0.379 e. The van der Waals surface area contributed by atoms with Gasteiger partial charge >= 0.3 is 5.69 Å². The Morgan fingerprint density at radius 1 is 1.25 bits per heavy atom. The molecule has 0 aliphatic rings. The van der Waals surface area contributed by atoms with Crippen LogP contribution < -0.4 is 5.32 Å². The highest BCUT2D eigenvalue weighted by Gasteiger charge is 2.17. The number of nitro benzene ring substituents is 1. The van der Waals surface area contributed by atoms with Crippen molar-refractivity contribution < 1.29 is 4.92 Å². The second-order valence-electron chi connectivity index (χ2n) is 5.42. The van der Waals surface area contributed by atoms with Crippen LogP contribution in [0.25, 0.3) is 0 Å². The number of nitrogens with one attached hydrogen (secondary N) is 1. The van der Waals surface area contributed by atoms with Gasteiger partial charge < -0.3 is 5.32 Å². The second-order valence-corrected chi connectivity index (χ2v) is 5.82. The van der Waals surface area contributed by atoms with E-state index in [1.54, 1.807) is 12.1 Å². The number of rotatable bonds is 9. The summed E-state index contributed by atoms with van der Waals surface area (Å²) in [7, 11) is 0. The van der Waals surface area contributed by atoms with E-state index in [9.17, 15) is 10.1 Å². The Morgan fingerprint density at radius 2 is 1.95 bits per heavy atom.